The van der Waals surface area contributed by atoms with Gasteiger partial charge >= 0.3 is 0 Å². The number of rotatable bonds is 4. The lowest BCUT2D eigenvalue weighted by Gasteiger charge is -2.30. The van der Waals surface area contributed by atoms with Gasteiger partial charge in [-0.2, -0.15) is 0 Å². The lowest BCUT2D eigenvalue weighted by Crippen LogP contribution is -2.35. The third-order valence-corrected chi connectivity index (χ3v) is 5.33. The molecule has 1 fully saturated rings. The molecule has 0 aliphatic heterocycles. The van der Waals surface area contributed by atoms with Crippen molar-refractivity contribution in [2.24, 2.45) is 0 Å². The van der Waals surface area contributed by atoms with Crippen LogP contribution in [-0.2, 0) is 6.54 Å². The van der Waals surface area contributed by atoms with Crippen molar-refractivity contribution in [1.29, 1.82) is 0 Å². The summed E-state index contributed by atoms with van der Waals surface area (Å²) in [4.78, 5) is 8.58. The van der Waals surface area contributed by atoms with E-state index in [2.05, 4.69) is 45.0 Å². The highest BCUT2D eigenvalue weighted by atomic mass is 32.1. The molecule has 0 atom stereocenters. The summed E-state index contributed by atoms with van der Waals surface area (Å²) in [6, 6.07) is 0.692. The Labute approximate surface area is 127 Å². The summed E-state index contributed by atoms with van der Waals surface area (Å²) in [5.41, 5.74) is 1.34. The van der Waals surface area contributed by atoms with Crippen molar-refractivity contribution in [1.82, 2.24) is 10.3 Å². The lowest BCUT2D eigenvalue weighted by molar-refractivity contribution is 0.425. The smallest absolute Gasteiger partial charge is 0.185 e. The molecule has 1 aliphatic carbocycles. The normalized spacial score (nSPS) is 17.4. The molecule has 20 heavy (non-hydrogen) atoms. The standard InChI is InChI=1S/C16H29N3S/c1-12-14(11-17-16(2,3)4)20-15(18-12)19(5)13-9-7-6-8-10-13/h13,17H,6-11H2,1-5H3. The van der Waals surface area contributed by atoms with E-state index in [1.54, 1.807) is 0 Å². The van der Waals surface area contributed by atoms with E-state index in [1.165, 1.54) is 47.8 Å². The summed E-state index contributed by atoms with van der Waals surface area (Å²) in [6.07, 6.45) is 6.80. The van der Waals surface area contributed by atoms with Gasteiger partial charge in [0.2, 0.25) is 0 Å². The third kappa shape index (κ3) is 4.19. The molecule has 1 aliphatic rings. The third-order valence-electron chi connectivity index (χ3n) is 4.08. The number of anilines is 1. The monoisotopic (exact) mass is 295 g/mol. The van der Waals surface area contributed by atoms with Crippen molar-refractivity contribution in [2.75, 3.05) is 11.9 Å². The van der Waals surface area contributed by atoms with Crippen molar-refractivity contribution in [2.45, 2.75) is 77.9 Å². The number of aryl methyl sites for hydroxylation is 1. The maximum atomic E-state index is 4.79. The first kappa shape index (κ1) is 15.8. The van der Waals surface area contributed by atoms with Crippen LogP contribution < -0.4 is 10.2 Å². The first-order valence-corrected chi connectivity index (χ1v) is 8.62. The highest BCUT2D eigenvalue weighted by molar-refractivity contribution is 7.15. The quantitative estimate of drug-likeness (QED) is 0.906. The van der Waals surface area contributed by atoms with E-state index >= 15 is 0 Å². The molecule has 0 radical (unpaired) electrons. The molecule has 0 unspecified atom stereocenters. The fraction of sp³-hybridized carbons (Fsp3) is 0.812. The van der Waals surface area contributed by atoms with Gasteiger partial charge in [-0.15, -0.1) is 11.3 Å². The van der Waals surface area contributed by atoms with Gasteiger partial charge < -0.3 is 10.2 Å². The van der Waals surface area contributed by atoms with Gasteiger partial charge in [0.15, 0.2) is 5.13 Å². The zero-order chi connectivity index (χ0) is 14.8. The van der Waals surface area contributed by atoms with Crippen LogP contribution in [0.15, 0.2) is 0 Å². The summed E-state index contributed by atoms with van der Waals surface area (Å²) < 4.78 is 0. The summed E-state index contributed by atoms with van der Waals surface area (Å²) in [5, 5.41) is 4.76. The number of thiazole rings is 1. The predicted octanol–water partition coefficient (Wildman–Crippen LogP) is 4.11. The second kappa shape index (κ2) is 6.44. The molecule has 0 spiro atoms. The van der Waals surface area contributed by atoms with Crippen molar-refractivity contribution in [3.8, 4) is 0 Å². The second-order valence-electron chi connectivity index (χ2n) is 7.01. The van der Waals surface area contributed by atoms with Crippen molar-refractivity contribution in [3.63, 3.8) is 0 Å². The lowest BCUT2D eigenvalue weighted by atomic mass is 9.95. The summed E-state index contributed by atoms with van der Waals surface area (Å²) >= 11 is 1.85. The Kier molecular flexibility index (Phi) is 5.08. The number of nitrogens with one attached hydrogen (secondary N) is 1. The molecule has 0 saturated heterocycles. The molecule has 0 aromatic carbocycles. The predicted molar refractivity (Wildman–Crippen MR) is 88.7 cm³/mol. The number of hydrogen-bond acceptors (Lipinski definition) is 4. The summed E-state index contributed by atoms with van der Waals surface area (Å²) in [5.74, 6) is 0. The van der Waals surface area contributed by atoms with Crippen LogP contribution in [0.3, 0.4) is 0 Å². The van der Waals surface area contributed by atoms with Crippen LogP contribution in [0.4, 0.5) is 5.13 Å². The van der Waals surface area contributed by atoms with E-state index in [-0.39, 0.29) is 5.54 Å². The van der Waals surface area contributed by atoms with Gasteiger partial charge in [0.05, 0.1) is 5.69 Å². The summed E-state index contributed by atoms with van der Waals surface area (Å²) in [6.45, 7) is 9.68. The number of hydrogen-bond donors (Lipinski definition) is 1. The maximum absolute atomic E-state index is 4.79. The van der Waals surface area contributed by atoms with Crippen LogP contribution in [0.25, 0.3) is 0 Å². The van der Waals surface area contributed by atoms with Gasteiger partial charge in [0.1, 0.15) is 0 Å². The molecule has 1 N–H and O–H groups in total. The molecule has 3 nitrogen and oxygen atoms in total. The Hall–Kier alpha value is -0.610. The molecular weight excluding hydrogens is 266 g/mol. The average Bonchev–Trinajstić information content (AvgIpc) is 2.77. The van der Waals surface area contributed by atoms with Crippen LogP contribution in [-0.4, -0.2) is 23.6 Å². The minimum Gasteiger partial charge on any atom is -0.348 e. The Morgan fingerprint density at radius 3 is 2.50 bits per heavy atom. The molecule has 114 valence electrons. The van der Waals surface area contributed by atoms with E-state index in [0.29, 0.717) is 6.04 Å². The Balaban J connectivity index is 2.02. The zero-order valence-corrected chi connectivity index (χ0v) is 14.4. The highest BCUT2D eigenvalue weighted by Crippen LogP contribution is 2.31. The SMILES string of the molecule is Cc1nc(N(C)C2CCCCC2)sc1CNC(C)(C)C. The van der Waals surface area contributed by atoms with Gasteiger partial charge in [0, 0.05) is 30.1 Å². The van der Waals surface area contributed by atoms with E-state index < -0.39 is 0 Å². The first-order chi connectivity index (χ1) is 9.37. The molecule has 1 saturated carbocycles. The van der Waals surface area contributed by atoms with E-state index in [9.17, 15) is 0 Å². The van der Waals surface area contributed by atoms with Crippen molar-refractivity contribution >= 4 is 16.5 Å². The zero-order valence-electron chi connectivity index (χ0n) is 13.6. The van der Waals surface area contributed by atoms with Gasteiger partial charge in [-0.25, -0.2) is 4.98 Å². The molecule has 1 aromatic heterocycles. The minimum atomic E-state index is 0.159. The molecule has 1 heterocycles. The van der Waals surface area contributed by atoms with Gasteiger partial charge in [-0.05, 0) is 40.5 Å². The van der Waals surface area contributed by atoms with E-state index in [1.807, 2.05) is 11.3 Å². The summed E-state index contributed by atoms with van der Waals surface area (Å²) in [7, 11) is 2.22. The van der Waals surface area contributed by atoms with Crippen molar-refractivity contribution < 1.29 is 0 Å². The Bertz CT molecular complexity index is 427. The van der Waals surface area contributed by atoms with Crippen LogP contribution in [0.5, 0.6) is 0 Å². The molecule has 0 amide bonds. The topological polar surface area (TPSA) is 28.2 Å². The van der Waals surface area contributed by atoms with Gasteiger partial charge in [-0.3, -0.25) is 0 Å². The molecule has 4 heteroatoms. The minimum absolute atomic E-state index is 0.159. The molecule has 0 bridgehead atoms. The highest BCUT2D eigenvalue weighted by Gasteiger charge is 2.21. The number of aromatic nitrogens is 1. The number of nitrogens with zero attached hydrogens (tertiary/aromatic N) is 2. The largest absolute Gasteiger partial charge is 0.348 e. The second-order valence-corrected chi connectivity index (χ2v) is 8.07. The molecule has 2 rings (SSSR count). The van der Waals surface area contributed by atoms with Crippen LogP contribution >= 0.6 is 11.3 Å². The van der Waals surface area contributed by atoms with Gasteiger partial charge in [0.25, 0.3) is 0 Å². The van der Waals surface area contributed by atoms with E-state index in [0.717, 1.165) is 6.54 Å². The Morgan fingerprint density at radius 2 is 1.90 bits per heavy atom. The van der Waals surface area contributed by atoms with Crippen LogP contribution in [0.2, 0.25) is 0 Å². The van der Waals surface area contributed by atoms with Gasteiger partial charge in [-0.1, -0.05) is 19.3 Å². The fourth-order valence-electron chi connectivity index (χ4n) is 2.70. The Morgan fingerprint density at radius 1 is 1.25 bits per heavy atom. The molecular formula is C16H29N3S. The van der Waals surface area contributed by atoms with Crippen molar-refractivity contribution in [3.05, 3.63) is 10.6 Å². The van der Waals surface area contributed by atoms with E-state index in [4.69, 9.17) is 4.98 Å². The van der Waals surface area contributed by atoms with Crippen LogP contribution in [0, 0.1) is 6.92 Å². The maximum Gasteiger partial charge on any atom is 0.185 e. The fourth-order valence-corrected chi connectivity index (χ4v) is 3.73. The van der Waals surface area contributed by atoms with Crippen LogP contribution in [0.1, 0.15) is 63.4 Å². The first-order valence-electron chi connectivity index (χ1n) is 7.81. The average molecular weight is 295 g/mol. The molecule has 1 aromatic rings.